The molecule has 6 aromatic carbocycles. The third-order valence-electron chi connectivity index (χ3n) is 9.74. The van der Waals surface area contributed by atoms with E-state index in [1.165, 1.54) is 43.8 Å². The van der Waals surface area contributed by atoms with E-state index in [4.69, 9.17) is 19.9 Å². The first-order valence-electron chi connectivity index (χ1n) is 17.6. The van der Waals surface area contributed by atoms with E-state index in [0.29, 0.717) is 17.5 Å². The topological polar surface area (TPSA) is 51.6 Å². The lowest BCUT2D eigenvalue weighted by Gasteiger charge is -2.18. The summed E-state index contributed by atoms with van der Waals surface area (Å²) in [4.78, 5) is 19.8. The maximum absolute atomic E-state index is 5.08. The summed E-state index contributed by atoms with van der Waals surface area (Å²) < 4.78 is 1.06. The van der Waals surface area contributed by atoms with Crippen LogP contribution in [0.15, 0.2) is 152 Å². The number of allylic oxidation sites excluding steroid dienone is 6. The smallest absolute Gasteiger partial charge is 0.164 e. The number of aryl methyl sites for hydroxylation is 1. The van der Waals surface area contributed by atoms with Gasteiger partial charge >= 0.3 is 0 Å². The molecule has 0 amide bonds. The van der Waals surface area contributed by atoms with Crippen molar-refractivity contribution in [3.05, 3.63) is 174 Å². The van der Waals surface area contributed by atoms with Crippen LogP contribution in [0.4, 0.5) is 0 Å². The van der Waals surface area contributed by atoms with Crippen LogP contribution >= 0.6 is 11.3 Å². The second-order valence-corrected chi connectivity index (χ2v) is 14.1. The minimum atomic E-state index is 0.629. The Morgan fingerprint density at radius 1 is 0.654 bits per heavy atom. The van der Waals surface area contributed by atoms with E-state index >= 15 is 0 Å². The molecule has 0 unspecified atom stereocenters. The summed E-state index contributed by atoms with van der Waals surface area (Å²) in [6, 6.07) is 42.1. The molecule has 0 N–H and O–H groups in total. The monoisotopic (exact) mass is 686 g/mol. The largest absolute Gasteiger partial charge is 0.236 e. The average molecular weight is 687 g/mol. The Bertz CT molecular complexity index is 2700. The Kier molecular flexibility index (Phi) is 8.18. The lowest BCUT2D eigenvalue weighted by molar-refractivity contribution is 1.00. The van der Waals surface area contributed by atoms with Gasteiger partial charge in [-0.15, -0.1) is 11.3 Å². The molecule has 0 saturated heterocycles. The van der Waals surface area contributed by atoms with Crippen molar-refractivity contribution in [2.75, 3.05) is 0 Å². The van der Waals surface area contributed by atoms with Gasteiger partial charge in [0.1, 0.15) is 5.01 Å². The highest BCUT2D eigenvalue weighted by molar-refractivity contribution is 7.19. The Labute approximate surface area is 306 Å². The summed E-state index contributed by atoms with van der Waals surface area (Å²) in [5.74, 6) is 1.92. The quantitative estimate of drug-likeness (QED) is 0.124. The Morgan fingerprint density at radius 2 is 1.31 bits per heavy atom. The molecule has 0 atom stereocenters. The summed E-state index contributed by atoms with van der Waals surface area (Å²) >= 11 is 1.66. The molecule has 9 rings (SSSR count). The molecule has 52 heavy (non-hydrogen) atoms. The second-order valence-electron chi connectivity index (χ2n) is 13.1. The van der Waals surface area contributed by atoms with Crippen molar-refractivity contribution >= 4 is 60.3 Å². The number of benzene rings is 6. The SMILES string of the molecule is C=C/C=C(\C=C(/C)c1ccc2c(c1)c1c(c3ccccc32)C=CCC1)c1nc2ccc(-c3nc(-c4ccccc4)nc(-c4ccccc4)n3)cc2s1. The number of nitrogens with zero attached hydrogens (tertiary/aromatic N) is 4. The fraction of sp³-hybridized carbons (Fsp3) is 0.0638. The molecular formula is C47H34N4S. The van der Waals surface area contributed by atoms with Crippen molar-refractivity contribution in [1.29, 1.82) is 0 Å². The van der Waals surface area contributed by atoms with Crippen LogP contribution in [-0.4, -0.2) is 19.9 Å². The van der Waals surface area contributed by atoms with Crippen LogP contribution in [0.5, 0.6) is 0 Å². The van der Waals surface area contributed by atoms with Crippen LogP contribution in [0.2, 0.25) is 0 Å². The lowest BCUT2D eigenvalue weighted by atomic mass is 9.85. The van der Waals surface area contributed by atoms with Gasteiger partial charge < -0.3 is 0 Å². The highest BCUT2D eigenvalue weighted by atomic mass is 32.1. The van der Waals surface area contributed by atoms with E-state index in [0.717, 1.165) is 50.3 Å². The average Bonchev–Trinajstić information content (AvgIpc) is 3.65. The van der Waals surface area contributed by atoms with E-state index in [2.05, 4.69) is 92.4 Å². The zero-order valence-electron chi connectivity index (χ0n) is 28.8. The summed E-state index contributed by atoms with van der Waals surface area (Å²) in [7, 11) is 0. The molecule has 0 fully saturated rings. The zero-order valence-corrected chi connectivity index (χ0v) is 29.6. The predicted octanol–water partition coefficient (Wildman–Crippen LogP) is 12.4. The van der Waals surface area contributed by atoms with Gasteiger partial charge in [-0.3, -0.25) is 0 Å². The first kappa shape index (κ1) is 31.7. The standard InChI is InChI=1S/C47H34N4S/c1-3-14-35(27-30(2)33-23-25-40-38-21-11-10-19-36(38)37-20-12-13-22-39(37)41(40)28-33)47-48-42-26-24-34(29-43(42)52-47)46-50-44(31-15-6-4-7-16-31)49-45(51-46)32-17-8-5-9-18-32/h3-12,14-21,23-29H,1,13,22H2,2H3/b30-27+,35-14+. The van der Waals surface area contributed by atoms with Crippen molar-refractivity contribution in [3.8, 4) is 34.2 Å². The first-order chi connectivity index (χ1) is 25.6. The van der Waals surface area contributed by atoms with Gasteiger partial charge in [-0.25, -0.2) is 19.9 Å². The molecule has 4 nitrogen and oxygen atoms in total. The van der Waals surface area contributed by atoms with E-state index in [9.17, 15) is 0 Å². The van der Waals surface area contributed by atoms with Gasteiger partial charge in [-0.2, -0.15) is 0 Å². The van der Waals surface area contributed by atoms with Crippen molar-refractivity contribution in [1.82, 2.24) is 19.9 Å². The number of aromatic nitrogens is 4. The molecule has 0 saturated carbocycles. The Balaban J connectivity index is 1.09. The Morgan fingerprint density at radius 3 is 2.02 bits per heavy atom. The molecule has 5 heteroatoms. The first-order valence-corrected chi connectivity index (χ1v) is 18.4. The van der Waals surface area contributed by atoms with Crippen molar-refractivity contribution in [2.24, 2.45) is 0 Å². The summed E-state index contributed by atoms with van der Waals surface area (Å²) in [5.41, 5.74) is 9.95. The maximum atomic E-state index is 5.08. The van der Waals surface area contributed by atoms with Gasteiger partial charge in [0.15, 0.2) is 17.5 Å². The van der Waals surface area contributed by atoms with Gasteiger partial charge in [0.2, 0.25) is 0 Å². The zero-order chi connectivity index (χ0) is 35.0. The Hall–Kier alpha value is -6.30. The molecular weight excluding hydrogens is 653 g/mol. The highest BCUT2D eigenvalue weighted by Crippen LogP contribution is 2.39. The van der Waals surface area contributed by atoms with E-state index in [-0.39, 0.29) is 0 Å². The van der Waals surface area contributed by atoms with E-state index in [1.54, 1.807) is 11.3 Å². The summed E-state index contributed by atoms with van der Waals surface area (Å²) in [6.07, 6.45) is 12.9. The number of thiazole rings is 1. The van der Waals surface area contributed by atoms with Crippen molar-refractivity contribution < 1.29 is 0 Å². The normalized spacial score (nSPS) is 13.2. The molecule has 2 heterocycles. The number of fused-ring (bicyclic) bond motifs is 7. The van der Waals surface area contributed by atoms with Gasteiger partial charge in [0.25, 0.3) is 0 Å². The van der Waals surface area contributed by atoms with E-state index in [1.807, 2.05) is 72.8 Å². The van der Waals surface area contributed by atoms with Gasteiger partial charge in [-0.1, -0.05) is 128 Å². The minimum Gasteiger partial charge on any atom is -0.236 e. The lowest BCUT2D eigenvalue weighted by Crippen LogP contribution is -1.99. The fourth-order valence-electron chi connectivity index (χ4n) is 7.17. The molecule has 0 spiro atoms. The van der Waals surface area contributed by atoms with Gasteiger partial charge in [-0.05, 0) is 93.9 Å². The molecule has 0 aliphatic heterocycles. The number of rotatable bonds is 7. The van der Waals surface area contributed by atoms with E-state index < -0.39 is 0 Å². The van der Waals surface area contributed by atoms with Gasteiger partial charge in [0.05, 0.1) is 10.2 Å². The van der Waals surface area contributed by atoms with Crippen LogP contribution in [0.3, 0.4) is 0 Å². The third-order valence-corrected chi connectivity index (χ3v) is 10.8. The van der Waals surface area contributed by atoms with Gasteiger partial charge in [0, 0.05) is 22.3 Å². The minimum absolute atomic E-state index is 0.629. The predicted molar refractivity (Wildman–Crippen MR) is 220 cm³/mol. The molecule has 1 aliphatic carbocycles. The summed E-state index contributed by atoms with van der Waals surface area (Å²) in [5, 5.41) is 6.23. The molecule has 2 aromatic heterocycles. The van der Waals surface area contributed by atoms with Crippen LogP contribution < -0.4 is 0 Å². The van der Waals surface area contributed by atoms with Crippen LogP contribution in [0.1, 0.15) is 35.0 Å². The van der Waals surface area contributed by atoms with Crippen molar-refractivity contribution in [2.45, 2.75) is 19.8 Å². The molecule has 8 aromatic rings. The molecule has 248 valence electrons. The van der Waals surface area contributed by atoms with Crippen molar-refractivity contribution in [3.63, 3.8) is 0 Å². The maximum Gasteiger partial charge on any atom is 0.164 e. The molecule has 1 aliphatic rings. The van der Waals surface area contributed by atoms with Crippen LogP contribution in [0.25, 0.3) is 83.1 Å². The third kappa shape index (κ3) is 5.85. The second kappa shape index (κ2) is 13.4. The number of hydrogen-bond acceptors (Lipinski definition) is 5. The summed E-state index contributed by atoms with van der Waals surface area (Å²) in [6.45, 7) is 6.23. The molecule has 0 radical (unpaired) electrons. The fourth-order valence-corrected chi connectivity index (χ4v) is 8.17. The highest BCUT2D eigenvalue weighted by Gasteiger charge is 2.17. The number of hydrogen-bond donors (Lipinski definition) is 0. The van der Waals surface area contributed by atoms with Crippen LogP contribution in [0, 0.1) is 0 Å². The molecule has 0 bridgehead atoms. The van der Waals surface area contributed by atoms with Crippen LogP contribution in [-0.2, 0) is 6.42 Å².